The van der Waals surface area contributed by atoms with Crippen molar-refractivity contribution in [1.29, 1.82) is 0 Å². The van der Waals surface area contributed by atoms with Crippen LogP contribution in [-0.2, 0) is 11.3 Å². The molecular formula is C14H20FN3O3. The summed E-state index contributed by atoms with van der Waals surface area (Å²) in [7, 11) is 0. The first-order valence-electron chi connectivity index (χ1n) is 6.78. The van der Waals surface area contributed by atoms with Crippen LogP contribution in [0, 0.1) is 5.82 Å². The summed E-state index contributed by atoms with van der Waals surface area (Å²) in [6.45, 7) is 3.68. The number of halogens is 1. The zero-order chi connectivity index (χ0) is 15.4. The lowest BCUT2D eigenvalue weighted by atomic mass is 10.1. The molecule has 2 rings (SSSR count). The molecule has 0 amide bonds. The molecule has 2 unspecified atom stereocenters. The highest BCUT2D eigenvalue weighted by atomic mass is 19.1. The van der Waals surface area contributed by atoms with E-state index in [2.05, 4.69) is 10.1 Å². The Balaban J connectivity index is 2.13. The number of morpholine rings is 1. The Bertz CT molecular complexity index is 524. The van der Waals surface area contributed by atoms with Crippen molar-refractivity contribution in [2.45, 2.75) is 25.7 Å². The van der Waals surface area contributed by atoms with Crippen LogP contribution in [0.25, 0.3) is 0 Å². The molecule has 0 aromatic heterocycles. The number of ether oxygens (including phenoxy) is 1. The second kappa shape index (κ2) is 6.84. The van der Waals surface area contributed by atoms with E-state index in [0.29, 0.717) is 25.2 Å². The van der Waals surface area contributed by atoms with Gasteiger partial charge in [0.1, 0.15) is 5.82 Å². The van der Waals surface area contributed by atoms with Crippen LogP contribution >= 0.6 is 0 Å². The third kappa shape index (κ3) is 4.13. The smallest absolute Gasteiger partial charge is 0.170 e. The van der Waals surface area contributed by atoms with Crippen molar-refractivity contribution in [1.82, 2.24) is 4.90 Å². The first-order chi connectivity index (χ1) is 10.0. The number of nitrogens with zero attached hydrogens (tertiary/aromatic N) is 2. The number of rotatable bonds is 4. The maximum absolute atomic E-state index is 13.6. The Hall–Kier alpha value is -1.70. The van der Waals surface area contributed by atoms with Crippen molar-refractivity contribution in [3.8, 4) is 0 Å². The summed E-state index contributed by atoms with van der Waals surface area (Å²) < 4.78 is 19.2. The predicted molar refractivity (Wildman–Crippen MR) is 75.6 cm³/mol. The van der Waals surface area contributed by atoms with Crippen LogP contribution in [-0.4, -0.2) is 53.0 Å². The van der Waals surface area contributed by atoms with Gasteiger partial charge >= 0.3 is 0 Å². The summed E-state index contributed by atoms with van der Waals surface area (Å²) >= 11 is 0. The lowest BCUT2D eigenvalue weighted by Crippen LogP contribution is -2.47. The number of amidine groups is 1. The number of aliphatic hydroxyl groups excluding tert-OH is 1. The number of oxime groups is 1. The molecule has 116 valence electrons. The molecule has 0 aliphatic carbocycles. The third-order valence-electron chi connectivity index (χ3n) is 3.37. The van der Waals surface area contributed by atoms with Crippen molar-refractivity contribution in [3.05, 3.63) is 35.1 Å². The van der Waals surface area contributed by atoms with Gasteiger partial charge in [0.25, 0.3) is 0 Å². The van der Waals surface area contributed by atoms with E-state index in [4.69, 9.17) is 15.7 Å². The maximum atomic E-state index is 13.6. The lowest BCUT2D eigenvalue weighted by molar-refractivity contribution is -0.0972. The monoisotopic (exact) mass is 297 g/mol. The second-order valence-electron chi connectivity index (χ2n) is 5.28. The van der Waals surface area contributed by atoms with Crippen LogP contribution in [0.5, 0.6) is 0 Å². The molecule has 1 saturated heterocycles. The molecule has 0 spiro atoms. The van der Waals surface area contributed by atoms with Crippen LogP contribution in [0.3, 0.4) is 0 Å². The van der Waals surface area contributed by atoms with Crippen molar-refractivity contribution in [2.75, 3.05) is 19.7 Å². The summed E-state index contributed by atoms with van der Waals surface area (Å²) in [4.78, 5) is 2.08. The van der Waals surface area contributed by atoms with Crippen LogP contribution in [0.4, 0.5) is 4.39 Å². The standard InChI is InChI=1S/C14H20FN3O3/c1-9-5-18(7-13(8-19)21-9)6-10-2-11(14(16)17-20)4-12(15)3-10/h2-4,9,13,19-20H,5-8H2,1H3,(H2,16,17). The minimum absolute atomic E-state index is 0.00741. The van der Waals surface area contributed by atoms with Crippen molar-refractivity contribution in [2.24, 2.45) is 10.9 Å². The van der Waals surface area contributed by atoms with E-state index in [1.54, 1.807) is 6.07 Å². The zero-order valence-electron chi connectivity index (χ0n) is 11.9. The van der Waals surface area contributed by atoms with E-state index >= 15 is 0 Å². The topological polar surface area (TPSA) is 91.3 Å². The quantitative estimate of drug-likeness (QED) is 0.326. The number of hydrogen-bond donors (Lipinski definition) is 3. The van der Waals surface area contributed by atoms with Gasteiger partial charge in [0.05, 0.1) is 18.8 Å². The lowest BCUT2D eigenvalue weighted by Gasteiger charge is -2.36. The van der Waals surface area contributed by atoms with Gasteiger partial charge in [-0.1, -0.05) is 5.16 Å². The molecule has 6 nitrogen and oxygen atoms in total. The molecular weight excluding hydrogens is 277 g/mol. The molecule has 1 aliphatic heterocycles. The van der Waals surface area contributed by atoms with Gasteiger partial charge in [-0.05, 0) is 30.7 Å². The van der Waals surface area contributed by atoms with Gasteiger partial charge in [-0.3, -0.25) is 4.90 Å². The first kappa shape index (κ1) is 15.7. The Morgan fingerprint density at radius 1 is 1.48 bits per heavy atom. The highest BCUT2D eigenvalue weighted by Crippen LogP contribution is 2.16. The van der Waals surface area contributed by atoms with Crippen LogP contribution in [0.15, 0.2) is 23.4 Å². The molecule has 7 heteroatoms. The summed E-state index contributed by atoms with van der Waals surface area (Å²) in [5.41, 5.74) is 6.56. The van der Waals surface area contributed by atoms with Crippen LogP contribution in [0.2, 0.25) is 0 Å². The molecule has 4 N–H and O–H groups in total. The SMILES string of the molecule is CC1CN(Cc2cc(F)cc(/C(N)=N/O)c2)CC(CO)O1. The normalized spacial score (nSPS) is 24.2. The van der Waals surface area contributed by atoms with E-state index in [0.717, 1.165) is 5.56 Å². The largest absolute Gasteiger partial charge is 0.409 e. The van der Waals surface area contributed by atoms with Crippen molar-refractivity contribution in [3.63, 3.8) is 0 Å². The third-order valence-corrected chi connectivity index (χ3v) is 3.37. The zero-order valence-corrected chi connectivity index (χ0v) is 11.9. The summed E-state index contributed by atoms with van der Waals surface area (Å²) in [6, 6.07) is 4.32. The van der Waals surface area contributed by atoms with Gasteiger partial charge in [0.2, 0.25) is 0 Å². The molecule has 1 fully saturated rings. The molecule has 0 bridgehead atoms. The van der Waals surface area contributed by atoms with E-state index in [1.165, 1.54) is 12.1 Å². The molecule has 0 saturated carbocycles. The highest BCUT2D eigenvalue weighted by molar-refractivity contribution is 5.97. The Morgan fingerprint density at radius 3 is 2.90 bits per heavy atom. The number of aliphatic hydroxyl groups is 1. The van der Waals surface area contributed by atoms with Crippen LogP contribution < -0.4 is 5.73 Å². The van der Waals surface area contributed by atoms with E-state index in [-0.39, 0.29) is 24.7 Å². The summed E-state index contributed by atoms with van der Waals surface area (Å²) in [5, 5.41) is 20.8. The average molecular weight is 297 g/mol. The van der Waals surface area contributed by atoms with Crippen molar-refractivity contribution >= 4 is 5.84 Å². The summed E-state index contributed by atoms with van der Waals surface area (Å²) in [6.07, 6.45) is -0.223. The maximum Gasteiger partial charge on any atom is 0.170 e. The van der Waals surface area contributed by atoms with Gasteiger partial charge in [0.15, 0.2) is 5.84 Å². The molecule has 1 heterocycles. The minimum Gasteiger partial charge on any atom is -0.409 e. The molecule has 21 heavy (non-hydrogen) atoms. The first-order valence-corrected chi connectivity index (χ1v) is 6.78. The van der Waals surface area contributed by atoms with E-state index in [1.807, 2.05) is 6.92 Å². The molecule has 0 radical (unpaired) electrons. The van der Waals surface area contributed by atoms with Crippen molar-refractivity contribution < 1.29 is 19.4 Å². The fourth-order valence-electron chi connectivity index (χ4n) is 2.58. The molecule has 1 aromatic rings. The Morgan fingerprint density at radius 2 is 2.24 bits per heavy atom. The van der Waals surface area contributed by atoms with Gasteiger partial charge in [-0.2, -0.15) is 0 Å². The molecule has 1 aromatic carbocycles. The second-order valence-corrected chi connectivity index (χ2v) is 5.28. The van der Waals surface area contributed by atoms with Gasteiger partial charge in [-0.15, -0.1) is 0 Å². The van der Waals surface area contributed by atoms with E-state index in [9.17, 15) is 9.50 Å². The van der Waals surface area contributed by atoms with Gasteiger partial charge in [-0.25, -0.2) is 4.39 Å². The fraction of sp³-hybridized carbons (Fsp3) is 0.500. The van der Waals surface area contributed by atoms with Gasteiger partial charge in [0, 0.05) is 25.2 Å². The number of hydrogen-bond acceptors (Lipinski definition) is 5. The Labute approximate surface area is 122 Å². The Kier molecular flexibility index (Phi) is 5.11. The number of nitrogens with two attached hydrogens (primary N) is 1. The fourth-order valence-corrected chi connectivity index (χ4v) is 2.58. The average Bonchev–Trinajstić information content (AvgIpc) is 2.45. The summed E-state index contributed by atoms with van der Waals surface area (Å²) in [5.74, 6) is -0.562. The number of benzene rings is 1. The predicted octanol–water partition coefficient (Wildman–Crippen LogP) is 0.502. The molecule has 1 aliphatic rings. The molecule has 2 atom stereocenters. The van der Waals surface area contributed by atoms with Gasteiger partial charge < -0.3 is 20.8 Å². The van der Waals surface area contributed by atoms with E-state index < -0.39 is 5.82 Å². The van der Waals surface area contributed by atoms with Crippen LogP contribution in [0.1, 0.15) is 18.1 Å². The highest BCUT2D eigenvalue weighted by Gasteiger charge is 2.24. The minimum atomic E-state index is -0.436.